The van der Waals surface area contributed by atoms with E-state index in [0.717, 1.165) is 12.8 Å². The van der Waals surface area contributed by atoms with Gasteiger partial charge in [-0.1, -0.05) is 27.2 Å². The van der Waals surface area contributed by atoms with Gasteiger partial charge >= 0.3 is 5.97 Å². The Bertz CT molecular complexity index is 221. The average Bonchev–Trinajstić information content (AvgIpc) is 2.15. The van der Waals surface area contributed by atoms with Gasteiger partial charge < -0.3 is 9.99 Å². The van der Waals surface area contributed by atoms with E-state index >= 15 is 0 Å². The molecule has 0 spiro atoms. The van der Waals surface area contributed by atoms with Crippen LogP contribution >= 0.6 is 0 Å². The summed E-state index contributed by atoms with van der Waals surface area (Å²) in [6.07, 6.45) is 0.870. The lowest BCUT2D eigenvalue weighted by atomic mass is 9.70. The number of rotatable bonds is 5. The minimum absolute atomic E-state index is 0.383. The zero-order chi connectivity index (χ0) is 12.3. The molecule has 0 aromatic carbocycles. The molecule has 0 fully saturated rings. The molecule has 4 heteroatoms. The molecule has 0 aliphatic heterocycles. The summed E-state index contributed by atoms with van der Waals surface area (Å²) < 4.78 is 0. The van der Waals surface area contributed by atoms with E-state index in [9.17, 15) is 9.90 Å². The number of carbonyl (C=O) groups is 1. The smallest absolute Gasteiger partial charge is 0.350 e. The first-order valence-electron chi connectivity index (χ1n) is 5.24. The van der Waals surface area contributed by atoms with E-state index in [2.05, 4.69) is 4.89 Å². The lowest BCUT2D eigenvalue weighted by Crippen LogP contribution is -2.46. The van der Waals surface area contributed by atoms with Crippen molar-refractivity contribution in [2.45, 2.75) is 53.6 Å². The van der Waals surface area contributed by atoms with Crippen LogP contribution in [0.2, 0.25) is 0 Å². The molecule has 1 unspecified atom stereocenters. The molecular formula is C11H22O4. The number of aliphatic hydroxyl groups excluding tert-OH is 1. The molecule has 0 aromatic rings. The first-order valence-corrected chi connectivity index (χ1v) is 5.24. The second-order valence-corrected chi connectivity index (χ2v) is 5.24. The highest BCUT2D eigenvalue weighted by Gasteiger charge is 2.45. The Hall–Kier alpha value is -0.610. The van der Waals surface area contributed by atoms with Crippen LogP contribution in [-0.2, 0) is 9.68 Å². The minimum atomic E-state index is -1.10. The predicted molar refractivity (Wildman–Crippen MR) is 57.2 cm³/mol. The molecule has 0 bridgehead atoms. The van der Waals surface area contributed by atoms with Crippen LogP contribution in [0.4, 0.5) is 0 Å². The summed E-state index contributed by atoms with van der Waals surface area (Å²) >= 11 is 0. The van der Waals surface area contributed by atoms with Crippen molar-refractivity contribution in [1.29, 1.82) is 0 Å². The number of aliphatic hydroxyl groups is 1. The van der Waals surface area contributed by atoms with Crippen LogP contribution in [0, 0.1) is 10.8 Å². The largest absolute Gasteiger partial charge is 0.391 e. The SMILES string of the molecule is CCCC(C)(C)C(O)C(C)(C)C(=O)OO. The molecule has 0 aliphatic carbocycles. The van der Waals surface area contributed by atoms with Crippen molar-refractivity contribution in [3.8, 4) is 0 Å². The van der Waals surface area contributed by atoms with Gasteiger partial charge in [0.15, 0.2) is 0 Å². The highest BCUT2D eigenvalue weighted by atomic mass is 17.1. The summed E-state index contributed by atoms with van der Waals surface area (Å²) in [6, 6.07) is 0. The third kappa shape index (κ3) is 3.18. The normalized spacial score (nSPS) is 14.9. The minimum Gasteiger partial charge on any atom is -0.391 e. The highest BCUT2D eigenvalue weighted by molar-refractivity contribution is 5.76. The third-order valence-electron chi connectivity index (χ3n) is 2.93. The van der Waals surface area contributed by atoms with Crippen LogP contribution < -0.4 is 0 Å². The monoisotopic (exact) mass is 218 g/mol. The van der Waals surface area contributed by atoms with Gasteiger partial charge in [0, 0.05) is 0 Å². The van der Waals surface area contributed by atoms with Crippen molar-refractivity contribution >= 4 is 5.97 Å². The second-order valence-electron chi connectivity index (χ2n) is 5.24. The summed E-state index contributed by atoms with van der Waals surface area (Å²) in [4.78, 5) is 15.0. The molecule has 0 radical (unpaired) electrons. The maximum absolute atomic E-state index is 11.3. The fourth-order valence-electron chi connectivity index (χ4n) is 1.99. The second kappa shape index (κ2) is 4.94. The van der Waals surface area contributed by atoms with Crippen molar-refractivity contribution in [3.63, 3.8) is 0 Å². The molecule has 1 atom stereocenters. The van der Waals surface area contributed by atoms with E-state index in [1.165, 1.54) is 0 Å². The molecule has 2 N–H and O–H groups in total. The van der Waals surface area contributed by atoms with E-state index in [4.69, 9.17) is 5.26 Å². The summed E-state index contributed by atoms with van der Waals surface area (Å²) in [5, 5.41) is 18.5. The number of carbonyl (C=O) groups excluding carboxylic acids is 1. The van der Waals surface area contributed by atoms with Crippen molar-refractivity contribution in [2.75, 3.05) is 0 Å². The van der Waals surface area contributed by atoms with Gasteiger partial charge in [-0.15, -0.1) is 0 Å². The van der Waals surface area contributed by atoms with Crippen LogP contribution in [0.25, 0.3) is 0 Å². The molecule has 90 valence electrons. The Morgan fingerprint density at radius 3 is 2.13 bits per heavy atom. The predicted octanol–water partition coefficient (Wildman–Crippen LogP) is 2.22. The summed E-state index contributed by atoms with van der Waals surface area (Å²) in [5.41, 5.74) is -1.49. The Kier molecular flexibility index (Phi) is 4.74. The van der Waals surface area contributed by atoms with E-state index in [1.54, 1.807) is 13.8 Å². The third-order valence-corrected chi connectivity index (χ3v) is 2.93. The topological polar surface area (TPSA) is 66.8 Å². The van der Waals surface area contributed by atoms with Crippen molar-refractivity contribution in [1.82, 2.24) is 0 Å². The van der Waals surface area contributed by atoms with Gasteiger partial charge in [0.05, 0.1) is 11.5 Å². The van der Waals surface area contributed by atoms with Crippen LogP contribution in [0.3, 0.4) is 0 Å². The van der Waals surface area contributed by atoms with E-state index in [0.29, 0.717) is 0 Å². The van der Waals surface area contributed by atoms with Gasteiger partial charge in [-0.2, -0.15) is 5.26 Å². The average molecular weight is 218 g/mol. The van der Waals surface area contributed by atoms with Gasteiger partial charge in [-0.05, 0) is 25.7 Å². The standard InChI is InChI=1S/C11H22O4/c1-6-7-10(2,3)8(12)11(4,5)9(13)15-14/h8,12,14H,6-7H2,1-5H3. The van der Waals surface area contributed by atoms with Gasteiger partial charge in [0.25, 0.3) is 0 Å². The van der Waals surface area contributed by atoms with E-state index in [1.807, 2.05) is 20.8 Å². The lowest BCUT2D eigenvalue weighted by molar-refractivity contribution is -0.251. The van der Waals surface area contributed by atoms with E-state index in [-0.39, 0.29) is 5.41 Å². The molecule has 0 aliphatic rings. The summed E-state index contributed by atoms with van der Waals surface area (Å²) in [6.45, 7) is 8.94. The van der Waals surface area contributed by atoms with Crippen LogP contribution in [0.5, 0.6) is 0 Å². The number of hydrogen-bond acceptors (Lipinski definition) is 4. The van der Waals surface area contributed by atoms with Crippen LogP contribution in [0.15, 0.2) is 0 Å². The van der Waals surface area contributed by atoms with Crippen LogP contribution in [0.1, 0.15) is 47.5 Å². The lowest BCUT2D eigenvalue weighted by Gasteiger charge is -2.38. The Morgan fingerprint density at radius 1 is 1.33 bits per heavy atom. The maximum Gasteiger partial charge on any atom is 0.350 e. The first kappa shape index (κ1) is 14.4. The van der Waals surface area contributed by atoms with Crippen molar-refractivity contribution in [3.05, 3.63) is 0 Å². The first-order chi connectivity index (χ1) is 6.70. The summed E-state index contributed by atoms with van der Waals surface area (Å²) in [5.74, 6) is -0.806. The molecule has 4 nitrogen and oxygen atoms in total. The van der Waals surface area contributed by atoms with Crippen molar-refractivity contribution in [2.24, 2.45) is 10.8 Å². The molecule has 0 rings (SSSR count). The Balaban J connectivity index is 4.82. The van der Waals surface area contributed by atoms with Gasteiger partial charge in [-0.3, -0.25) is 0 Å². The van der Waals surface area contributed by atoms with Gasteiger partial charge in [0.1, 0.15) is 0 Å². The zero-order valence-corrected chi connectivity index (χ0v) is 10.2. The molecule has 0 heterocycles. The highest BCUT2D eigenvalue weighted by Crippen LogP contribution is 2.38. The molecule has 0 aromatic heterocycles. The van der Waals surface area contributed by atoms with E-state index < -0.39 is 17.5 Å². The molecule has 0 amide bonds. The number of hydrogen-bond donors (Lipinski definition) is 2. The zero-order valence-electron chi connectivity index (χ0n) is 10.2. The Morgan fingerprint density at radius 2 is 1.80 bits per heavy atom. The van der Waals surface area contributed by atoms with Crippen LogP contribution in [-0.4, -0.2) is 22.4 Å². The molecule has 15 heavy (non-hydrogen) atoms. The maximum atomic E-state index is 11.3. The molecule has 0 saturated heterocycles. The quantitative estimate of drug-likeness (QED) is 0.548. The molecular weight excluding hydrogens is 196 g/mol. The molecule has 0 saturated carbocycles. The van der Waals surface area contributed by atoms with Gasteiger partial charge in [-0.25, -0.2) is 4.79 Å². The van der Waals surface area contributed by atoms with Crippen molar-refractivity contribution < 1.29 is 20.0 Å². The fraction of sp³-hybridized carbons (Fsp3) is 0.909. The van der Waals surface area contributed by atoms with Gasteiger partial charge in [0.2, 0.25) is 0 Å². The Labute approximate surface area is 91.2 Å². The fourth-order valence-corrected chi connectivity index (χ4v) is 1.99. The summed E-state index contributed by atoms with van der Waals surface area (Å²) in [7, 11) is 0.